The lowest BCUT2D eigenvalue weighted by atomic mass is 9.62. The van der Waals surface area contributed by atoms with Crippen LogP contribution in [0, 0.1) is 6.92 Å². The highest BCUT2D eigenvalue weighted by Gasteiger charge is 2.37. The van der Waals surface area contributed by atoms with E-state index in [1.807, 2.05) is 12.1 Å². The summed E-state index contributed by atoms with van der Waals surface area (Å²) in [4.78, 5) is 22.3. The van der Waals surface area contributed by atoms with Crippen molar-refractivity contribution >= 4 is 32.7 Å². The summed E-state index contributed by atoms with van der Waals surface area (Å²) >= 11 is 1.30. The third-order valence-electron chi connectivity index (χ3n) is 7.22. The Kier molecular flexibility index (Phi) is 5.71. The normalized spacial score (nSPS) is 16.2. The second-order valence-corrected chi connectivity index (χ2v) is 11.7. The van der Waals surface area contributed by atoms with Crippen molar-refractivity contribution in [1.29, 1.82) is 0 Å². The van der Waals surface area contributed by atoms with E-state index in [0.717, 1.165) is 5.76 Å². The fourth-order valence-corrected chi connectivity index (χ4v) is 5.69. The van der Waals surface area contributed by atoms with Gasteiger partial charge in [-0.15, -0.1) is 0 Å². The van der Waals surface area contributed by atoms with Crippen LogP contribution in [0.4, 0.5) is 5.13 Å². The second-order valence-electron chi connectivity index (χ2n) is 10.7. The van der Waals surface area contributed by atoms with E-state index >= 15 is 0 Å². The number of aromatic nitrogens is 2. The van der Waals surface area contributed by atoms with Gasteiger partial charge in [-0.3, -0.25) is 10.1 Å². The minimum Gasteiger partial charge on any atom is -0.481 e. The van der Waals surface area contributed by atoms with Crippen molar-refractivity contribution in [3.63, 3.8) is 0 Å². The molecule has 3 aromatic heterocycles. The minimum absolute atomic E-state index is 0.150. The number of pyridine rings is 1. The molecule has 6 nitrogen and oxygen atoms in total. The molecule has 0 saturated carbocycles. The van der Waals surface area contributed by atoms with Gasteiger partial charge in [0.25, 0.3) is 5.91 Å². The maximum absolute atomic E-state index is 12.8. The van der Waals surface area contributed by atoms with Crippen LogP contribution in [0.3, 0.4) is 0 Å². The lowest BCUT2D eigenvalue weighted by Crippen LogP contribution is -2.34. The summed E-state index contributed by atoms with van der Waals surface area (Å²) in [5.74, 6) is 1.22. The van der Waals surface area contributed by atoms with Gasteiger partial charge in [0.2, 0.25) is 5.88 Å². The van der Waals surface area contributed by atoms with E-state index in [0.29, 0.717) is 27.8 Å². The van der Waals surface area contributed by atoms with Crippen LogP contribution in [0.2, 0.25) is 0 Å². The van der Waals surface area contributed by atoms with Crippen LogP contribution in [0.25, 0.3) is 10.3 Å². The first-order valence-corrected chi connectivity index (χ1v) is 12.7. The van der Waals surface area contributed by atoms with Crippen LogP contribution in [0.15, 0.2) is 40.8 Å². The number of ether oxygens (including phenoxy) is 1. The largest absolute Gasteiger partial charge is 0.481 e. The topological polar surface area (TPSA) is 77.2 Å². The molecule has 7 heteroatoms. The van der Waals surface area contributed by atoms with E-state index in [9.17, 15) is 4.79 Å². The molecule has 1 aliphatic rings. The summed E-state index contributed by atoms with van der Waals surface area (Å²) in [6.07, 6.45) is 3.02. The first-order chi connectivity index (χ1) is 16.6. The first kappa shape index (κ1) is 23.5. The molecule has 0 unspecified atom stereocenters. The fraction of sp³-hybridized carbons (Fsp3) is 0.393. The third kappa shape index (κ3) is 4.45. The Morgan fingerprint density at radius 1 is 1.06 bits per heavy atom. The molecule has 0 atom stereocenters. The number of fused-ring (bicyclic) bond motifs is 2. The van der Waals surface area contributed by atoms with E-state index in [2.05, 4.69) is 62.0 Å². The van der Waals surface area contributed by atoms with Crippen molar-refractivity contribution in [2.45, 2.75) is 64.7 Å². The standard InChI is InChI=1S/C28H31N3O3S/c1-16-13-19-20(28(4,5)12-11-27(19,2)3)15-17(16)14-18-7-9-22(34-18)24(32)31-26-29-21-8-10-23(33-6)30-25(21)35-26/h7-10,13,15H,11-12,14H2,1-6H3,(H,29,31,32). The summed E-state index contributed by atoms with van der Waals surface area (Å²) in [5, 5.41) is 3.30. The molecule has 182 valence electrons. The predicted octanol–water partition coefficient (Wildman–Crippen LogP) is 6.79. The molecular formula is C28H31N3O3S. The van der Waals surface area contributed by atoms with Gasteiger partial charge in [0.1, 0.15) is 16.1 Å². The van der Waals surface area contributed by atoms with Gasteiger partial charge in [-0.25, -0.2) is 9.97 Å². The number of carbonyl (C=O) groups is 1. The van der Waals surface area contributed by atoms with Gasteiger partial charge in [-0.2, -0.15) is 0 Å². The smallest absolute Gasteiger partial charge is 0.293 e. The summed E-state index contributed by atoms with van der Waals surface area (Å²) in [7, 11) is 1.57. The molecule has 0 fully saturated rings. The van der Waals surface area contributed by atoms with Crippen molar-refractivity contribution in [2.24, 2.45) is 0 Å². The maximum Gasteiger partial charge on any atom is 0.293 e. The van der Waals surface area contributed by atoms with E-state index < -0.39 is 0 Å². The van der Waals surface area contributed by atoms with Crippen LogP contribution in [-0.2, 0) is 17.3 Å². The zero-order chi connectivity index (χ0) is 25.0. The third-order valence-corrected chi connectivity index (χ3v) is 8.10. The van der Waals surface area contributed by atoms with E-state index in [4.69, 9.17) is 9.15 Å². The Morgan fingerprint density at radius 2 is 1.77 bits per heavy atom. The molecule has 1 aromatic carbocycles. The summed E-state index contributed by atoms with van der Waals surface area (Å²) in [6, 6.07) is 11.9. The molecule has 1 aliphatic carbocycles. The fourth-order valence-electron chi connectivity index (χ4n) is 4.87. The first-order valence-electron chi connectivity index (χ1n) is 11.9. The monoisotopic (exact) mass is 489 g/mol. The van der Waals surface area contributed by atoms with Gasteiger partial charge >= 0.3 is 0 Å². The van der Waals surface area contributed by atoms with Crippen LogP contribution >= 0.6 is 11.3 Å². The van der Waals surface area contributed by atoms with Gasteiger partial charge in [0, 0.05) is 12.5 Å². The average Bonchev–Trinajstić information content (AvgIpc) is 3.44. The minimum atomic E-state index is -0.327. The Bertz CT molecular complexity index is 1430. The highest BCUT2D eigenvalue weighted by Crippen LogP contribution is 2.46. The van der Waals surface area contributed by atoms with Crippen molar-refractivity contribution in [2.75, 3.05) is 12.4 Å². The second kappa shape index (κ2) is 8.48. The lowest BCUT2D eigenvalue weighted by Gasteiger charge is -2.42. The molecule has 0 spiro atoms. The zero-order valence-electron chi connectivity index (χ0n) is 21.1. The molecular weight excluding hydrogens is 458 g/mol. The predicted molar refractivity (Wildman–Crippen MR) is 140 cm³/mol. The number of hydrogen-bond donors (Lipinski definition) is 1. The molecule has 0 aliphatic heterocycles. The average molecular weight is 490 g/mol. The highest BCUT2D eigenvalue weighted by molar-refractivity contribution is 7.22. The van der Waals surface area contributed by atoms with E-state index in [1.165, 1.54) is 46.4 Å². The number of carbonyl (C=O) groups excluding carboxylic acids is 1. The van der Waals surface area contributed by atoms with Gasteiger partial charge in [-0.1, -0.05) is 51.2 Å². The molecule has 1 amide bonds. The molecule has 1 N–H and O–H groups in total. The number of rotatable bonds is 5. The molecule has 35 heavy (non-hydrogen) atoms. The Labute approximate surface area is 209 Å². The van der Waals surface area contributed by atoms with Crippen LogP contribution in [0.5, 0.6) is 5.88 Å². The van der Waals surface area contributed by atoms with Crippen molar-refractivity contribution in [3.05, 3.63) is 70.2 Å². The molecule has 0 saturated heterocycles. The number of nitrogens with zero attached hydrogens (tertiary/aromatic N) is 2. The van der Waals surface area contributed by atoms with E-state index in [-0.39, 0.29) is 22.5 Å². The van der Waals surface area contributed by atoms with Gasteiger partial charge in [0.15, 0.2) is 10.9 Å². The van der Waals surface area contributed by atoms with Crippen molar-refractivity contribution < 1.29 is 13.9 Å². The van der Waals surface area contributed by atoms with Gasteiger partial charge < -0.3 is 9.15 Å². The Morgan fingerprint density at radius 3 is 2.49 bits per heavy atom. The van der Waals surface area contributed by atoms with E-state index in [1.54, 1.807) is 19.2 Å². The summed E-state index contributed by atoms with van der Waals surface area (Å²) in [6.45, 7) is 11.5. The maximum atomic E-state index is 12.8. The number of nitrogens with one attached hydrogen (secondary N) is 1. The SMILES string of the molecule is COc1ccc2nc(NC(=O)c3ccc(Cc4cc5c(cc4C)C(C)(C)CCC5(C)C)o3)sc2n1. The Hall–Kier alpha value is -3.19. The number of benzene rings is 1. The van der Waals surface area contributed by atoms with Crippen LogP contribution < -0.4 is 10.1 Å². The van der Waals surface area contributed by atoms with Gasteiger partial charge in [0.05, 0.1) is 7.11 Å². The number of anilines is 1. The number of furan rings is 1. The number of methoxy groups -OCH3 is 1. The quantitative estimate of drug-likeness (QED) is 0.334. The zero-order valence-corrected chi connectivity index (χ0v) is 21.9. The molecule has 0 bridgehead atoms. The molecule has 4 aromatic rings. The van der Waals surface area contributed by atoms with Crippen molar-refractivity contribution in [1.82, 2.24) is 9.97 Å². The van der Waals surface area contributed by atoms with Gasteiger partial charge in [-0.05, 0) is 71.0 Å². The molecule has 0 radical (unpaired) electrons. The molecule has 3 heterocycles. The molecule has 5 rings (SSSR count). The summed E-state index contributed by atoms with van der Waals surface area (Å²) in [5.41, 5.74) is 6.43. The number of hydrogen-bond acceptors (Lipinski definition) is 6. The Balaban J connectivity index is 1.35. The van der Waals surface area contributed by atoms with Crippen molar-refractivity contribution in [3.8, 4) is 5.88 Å². The number of amides is 1. The number of thiazole rings is 1. The lowest BCUT2D eigenvalue weighted by molar-refractivity contribution is 0.0995. The van der Waals surface area contributed by atoms with Crippen LogP contribution in [0.1, 0.15) is 79.1 Å². The number of aryl methyl sites for hydroxylation is 1. The summed E-state index contributed by atoms with van der Waals surface area (Å²) < 4.78 is 11.1. The highest BCUT2D eigenvalue weighted by atomic mass is 32.1. The van der Waals surface area contributed by atoms with Crippen LogP contribution in [-0.4, -0.2) is 23.0 Å².